The van der Waals surface area contributed by atoms with Gasteiger partial charge in [0.2, 0.25) is 0 Å². The molecule has 0 aromatic heterocycles. The van der Waals surface area contributed by atoms with Crippen LogP contribution in [0, 0.1) is 5.41 Å². The van der Waals surface area contributed by atoms with Crippen LogP contribution >= 0.6 is 0 Å². The summed E-state index contributed by atoms with van der Waals surface area (Å²) in [7, 11) is -2.85. The Hall–Kier alpha value is -0.350. The zero-order chi connectivity index (χ0) is 14.4. The van der Waals surface area contributed by atoms with Crippen LogP contribution in [0.4, 0.5) is 0 Å². The van der Waals surface area contributed by atoms with Crippen LogP contribution in [-0.2, 0) is 9.84 Å². The van der Waals surface area contributed by atoms with Gasteiger partial charge in [-0.05, 0) is 39.0 Å². The lowest BCUT2D eigenvalue weighted by molar-refractivity contribution is 0.306. The van der Waals surface area contributed by atoms with E-state index in [1.54, 1.807) is 6.92 Å². The molecule has 0 rings (SSSR count). The van der Waals surface area contributed by atoms with Crippen molar-refractivity contribution in [1.29, 1.82) is 0 Å². The van der Waals surface area contributed by atoms with Gasteiger partial charge in [0.1, 0.15) is 9.84 Å². The van der Waals surface area contributed by atoms with Crippen LogP contribution in [0.25, 0.3) is 0 Å². The van der Waals surface area contributed by atoms with Gasteiger partial charge in [-0.25, -0.2) is 8.42 Å². The second kappa shape index (κ2) is 6.71. The van der Waals surface area contributed by atoms with E-state index < -0.39 is 9.84 Å². The minimum atomic E-state index is -2.85. The Morgan fingerprint density at radius 1 is 1.22 bits per heavy atom. The van der Waals surface area contributed by atoms with Crippen LogP contribution in [0.2, 0.25) is 0 Å². The maximum absolute atomic E-state index is 11.4. The average Bonchev–Trinajstić information content (AvgIpc) is 2.25. The molecule has 0 spiro atoms. The van der Waals surface area contributed by atoms with E-state index >= 15 is 0 Å². The van der Waals surface area contributed by atoms with Crippen LogP contribution in [0.3, 0.4) is 0 Å². The number of hydrogen-bond donors (Lipinski definition) is 1. The van der Waals surface area contributed by atoms with Gasteiger partial charge in [0, 0.05) is 17.8 Å². The topological polar surface area (TPSA) is 46.2 Å². The standard InChI is InChI=1S/C14H29NO2S/c1-7-14(6,12-15-13(3,4)5)10-9-11-18(16,17)8-2/h7,15H,1,8-12H2,2-6H3. The fourth-order valence-electron chi connectivity index (χ4n) is 1.57. The zero-order valence-electron chi connectivity index (χ0n) is 12.5. The van der Waals surface area contributed by atoms with E-state index in [0.717, 1.165) is 13.0 Å². The van der Waals surface area contributed by atoms with Gasteiger partial charge in [0.15, 0.2) is 0 Å². The average molecular weight is 275 g/mol. The van der Waals surface area contributed by atoms with Crippen LogP contribution in [0.5, 0.6) is 0 Å². The van der Waals surface area contributed by atoms with E-state index in [4.69, 9.17) is 0 Å². The Labute approximate surface area is 113 Å². The van der Waals surface area contributed by atoms with Crippen molar-refractivity contribution in [2.75, 3.05) is 18.1 Å². The van der Waals surface area contributed by atoms with E-state index in [9.17, 15) is 8.42 Å². The van der Waals surface area contributed by atoms with Crippen molar-refractivity contribution in [2.24, 2.45) is 5.41 Å². The molecule has 0 saturated carbocycles. The lowest BCUT2D eigenvalue weighted by Crippen LogP contribution is -2.42. The first kappa shape index (κ1) is 17.6. The molecule has 0 amide bonds. The molecule has 0 aliphatic rings. The maximum Gasteiger partial charge on any atom is 0.150 e. The Balaban J connectivity index is 4.29. The van der Waals surface area contributed by atoms with Gasteiger partial charge in [0.05, 0.1) is 5.75 Å². The van der Waals surface area contributed by atoms with E-state index in [0.29, 0.717) is 6.42 Å². The zero-order valence-corrected chi connectivity index (χ0v) is 13.4. The summed E-state index contributed by atoms with van der Waals surface area (Å²) in [6.45, 7) is 14.9. The predicted molar refractivity (Wildman–Crippen MR) is 79.6 cm³/mol. The van der Waals surface area contributed by atoms with Gasteiger partial charge < -0.3 is 5.32 Å². The molecule has 0 aliphatic carbocycles. The molecule has 0 fully saturated rings. The van der Waals surface area contributed by atoms with Crippen molar-refractivity contribution >= 4 is 9.84 Å². The molecule has 1 atom stereocenters. The van der Waals surface area contributed by atoms with Crippen LogP contribution in [0.1, 0.15) is 47.5 Å². The van der Waals surface area contributed by atoms with Crippen LogP contribution in [-0.4, -0.2) is 32.0 Å². The molecule has 4 heteroatoms. The van der Waals surface area contributed by atoms with E-state index in [1.807, 2.05) is 6.08 Å². The largest absolute Gasteiger partial charge is 0.311 e. The highest BCUT2D eigenvalue weighted by Crippen LogP contribution is 2.25. The quantitative estimate of drug-likeness (QED) is 0.693. The Morgan fingerprint density at radius 3 is 2.17 bits per heavy atom. The molecule has 0 aromatic rings. The third-order valence-corrected chi connectivity index (χ3v) is 4.95. The molecular formula is C14H29NO2S. The fourth-order valence-corrected chi connectivity index (χ4v) is 2.44. The first-order valence-corrected chi connectivity index (χ1v) is 8.45. The molecule has 1 N–H and O–H groups in total. The second-order valence-electron chi connectivity index (χ2n) is 6.30. The number of sulfone groups is 1. The van der Waals surface area contributed by atoms with Gasteiger partial charge in [-0.2, -0.15) is 0 Å². The highest BCUT2D eigenvalue weighted by Gasteiger charge is 2.23. The van der Waals surface area contributed by atoms with Crippen molar-refractivity contribution in [3.05, 3.63) is 12.7 Å². The summed E-state index contributed by atoms with van der Waals surface area (Å²) in [5.74, 6) is 0.514. The summed E-state index contributed by atoms with van der Waals surface area (Å²) in [5, 5.41) is 3.45. The molecule has 18 heavy (non-hydrogen) atoms. The fraction of sp³-hybridized carbons (Fsp3) is 0.857. The van der Waals surface area contributed by atoms with E-state index in [-0.39, 0.29) is 22.5 Å². The number of hydrogen-bond acceptors (Lipinski definition) is 3. The first-order valence-electron chi connectivity index (χ1n) is 6.63. The molecule has 0 heterocycles. The third-order valence-electron chi connectivity index (χ3n) is 3.16. The number of nitrogens with one attached hydrogen (secondary N) is 1. The van der Waals surface area contributed by atoms with Gasteiger partial charge in [-0.3, -0.25) is 0 Å². The van der Waals surface area contributed by atoms with Crippen molar-refractivity contribution in [3.63, 3.8) is 0 Å². The highest BCUT2D eigenvalue weighted by atomic mass is 32.2. The molecule has 3 nitrogen and oxygen atoms in total. The monoisotopic (exact) mass is 275 g/mol. The van der Waals surface area contributed by atoms with Crippen LogP contribution < -0.4 is 5.32 Å². The van der Waals surface area contributed by atoms with Crippen molar-refractivity contribution in [1.82, 2.24) is 5.32 Å². The Bertz CT molecular complexity index is 354. The smallest absolute Gasteiger partial charge is 0.150 e. The summed E-state index contributed by atoms with van der Waals surface area (Å²) in [5.41, 5.74) is 0.0241. The summed E-state index contributed by atoms with van der Waals surface area (Å²) in [4.78, 5) is 0. The van der Waals surface area contributed by atoms with Gasteiger partial charge in [-0.15, -0.1) is 6.58 Å². The Morgan fingerprint density at radius 2 is 1.78 bits per heavy atom. The summed E-state index contributed by atoms with van der Waals surface area (Å²) in [6, 6.07) is 0. The summed E-state index contributed by atoms with van der Waals surface area (Å²) >= 11 is 0. The van der Waals surface area contributed by atoms with Gasteiger partial charge >= 0.3 is 0 Å². The molecule has 0 aromatic carbocycles. The lowest BCUT2D eigenvalue weighted by Gasteiger charge is -2.31. The minimum absolute atomic E-state index is 0.0451. The summed E-state index contributed by atoms with van der Waals surface area (Å²) in [6.07, 6.45) is 3.48. The van der Waals surface area contributed by atoms with E-state index in [2.05, 4.69) is 39.6 Å². The number of rotatable bonds is 8. The van der Waals surface area contributed by atoms with Crippen molar-refractivity contribution < 1.29 is 8.42 Å². The molecule has 1 unspecified atom stereocenters. The van der Waals surface area contributed by atoms with Crippen LogP contribution in [0.15, 0.2) is 12.7 Å². The minimum Gasteiger partial charge on any atom is -0.311 e. The first-order chi connectivity index (χ1) is 8.04. The Kier molecular flexibility index (Phi) is 6.58. The van der Waals surface area contributed by atoms with Gasteiger partial charge in [-0.1, -0.05) is 19.9 Å². The predicted octanol–water partition coefficient (Wildman–Crippen LogP) is 2.78. The summed E-state index contributed by atoms with van der Waals surface area (Å²) < 4.78 is 22.9. The van der Waals surface area contributed by atoms with E-state index in [1.165, 1.54) is 0 Å². The molecule has 0 radical (unpaired) electrons. The normalized spacial score (nSPS) is 16.3. The maximum atomic E-state index is 11.4. The lowest BCUT2D eigenvalue weighted by atomic mass is 9.85. The van der Waals surface area contributed by atoms with Gasteiger partial charge in [0.25, 0.3) is 0 Å². The third kappa shape index (κ3) is 7.88. The molecule has 108 valence electrons. The molecule has 0 bridgehead atoms. The SMILES string of the molecule is C=CC(C)(CCCS(=O)(=O)CC)CNC(C)(C)C. The molecule has 0 aliphatic heterocycles. The molecule has 0 saturated heterocycles. The van der Waals surface area contributed by atoms with Crippen molar-refractivity contribution in [3.8, 4) is 0 Å². The highest BCUT2D eigenvalue weighted by molar-refractivity contribution is 7.91. The molecular weight excluding hydrogens is 246 g/mol. The van der Waals surface area contributed by atoms with Crippen molar-refractivity contribution in [2.45, 2.75) is 53.0 Å². The second-order valence-corrected chi connectivity index (χ2v) is 8.77.